The summed E-state index contributed by atoms with van der Waals surface area (Å²) in [6.45, 7) is 1.73. The lowest BCUT2D eigenvalue weighted by Gasteiger charge is -2.22. The lowest BCUT2D eigenvalue weighted by atomic mass is 10.1. The predicted octanol–water partition coefficient (Wildman–Crippen LogP) is 4.02. The number of hydrogen-bond donors (Lipinski definition) is 1. The van der Waals surface area contributed by atoms with Crippen LogP contribution in [0.5, 0.6) is 0 Å². The first-order valence-electron chi connectivity index (χ1n) is 8.26. The van der Waals surface area contributed by atoms with Crippen LogP contribution in [-0.2, 0) is 4.79 Å². The van der Waals surface area contributed by atoms with E-state index in [4.69, 9.17) is 0 Å². The summed E-state index contributed by atoms with van der Waals surface area (Å²) in [5.74, 6) is 0.184. The first-order chi connectivity index (χ1) is 11.8. The monoisotopic (exact) mass is 337 g/mol. The molecular formula is C19H19N3OS. The summed E-state index contributed by atoms with van der Waals surface area (Å²) in [5, 5.41) is 0.530. The number of nitrogens with zero attached hydrogens (tertiary/aromatic N) is 2. The summed E-state index contributed by atoms with van der Waals surface area (Å²) in [5.41, 5.74) is 2.96. The minimum atomic E-state index is -0.259. The van der Waals surface area contributed by atoms with Crippen molar-refractivity contribution in [3.63, 3.8) is 0 Å². The number of aromatic nitrogens is 2. The molecule has 2 aromatic carbocycles. The van der Waals surface area contributed by atoms with Gasteiger partial charge in [-0.2, -0.15) is 0 Å². The molecule has 1 fully saturated rings. The van der Waals surface area contributed by atoms with Crippen LogP contribution in [0.15, 0.2) is 59.8 Å². The summed E-state index contributed by atoms with van der Waals surface area (Å²) >= 11 is 1.50. The highest BCUT2D eigenvalue weighted by Crippen LogP contribution is 2.36. The maximum Gasteiger partial charge on any atom is 0.240 e. The van der Waals surface area contributed by atoms with E-state index in [1.54, 1.807) is 0 Å². The van der Waals surface area contributed by atoms with Crippen LogP contribution < -0.4 is 0 Å². The van der Waals surface area contributed by atoms with Gasteiger partial charge in [0.1, 0.15) is 5.25 Å². The molecule has 1 saturated heterocycles. The number of H-pyrrole nitrogens is 1. The maximum absolute atomic E-state index is 13.0. The number of carbonyl (C=O) groups excluding carboxylic acids is 1. The van der Waals surface area contributed by atoms with Crippen LogP contribution >= 0.6 is 11.8 Å². The fourth-order valence-electron chi connectivity index (χ4n) is 3.09. The van der Waals surface area contributed by atoms with Crippen molar-refractivity contribution in [2.24, 2.45) is 0 Å². The van der Waals surface area contributed by atoms with Crippen LogP contribution in [0.4, 0.5) is 0 Å². The molecule has 0 saturated carbocycles. The molecule has 122 valence electrons. The van der Waals surface area contributed by atoms with Gasteiger partial charge >= 0.3 is 0 Å². The first-order valence-corrected chi connectivity index (χ1v) is 9.14. The second-order valence-corrected chi connectivity index (χ2v) is 7.09. The van der Waals surface area contributed by atoms with E-state index in [-0.39, 0.29) is 11.2 Å². The SMILES string of the molecule is O=C(C(Sc1nc2ccccc2[nH]1)c1ccccc1)N1CCCC1. The molecule has 2 heterocycles. The van der Waals surface area contributed by atoms with Crippen LogP contribution in [0.25, 0.3) is 11.0 Å². The molecule has 1 unspecified atom stereocenters. The molecule has 0 spiro atoms. The van der Waals surface area contributed by atoms with Gasteiger partial charge < -0.3 is 9.88 Å². The van der Waals surface area contributed by atoms with E-state index in [1.807, 2.05) is 59.5 Å². The molecule has 4 rings (SSSR count). The Morgan fingerprint density at radius 3 is 2.50 bits per heavy atom. The third-order valence-electron chi connectivity index (χ3n) is 4.34. The number of thioether (sulfide) groups is 1. The Kier molecular flexibility index (Phi) is 4.26. The van der Waals surface area contributed by atoms with Crippen LogP contribution in [0.2, 0.25) is 0 Å². The smallest absolute Gasteiger partial charge is 0.240 e. The number of carbonyl (C=O) groups is 1. The van der Waals surface area contributed by atoms with Crippen molar-refractivity contribution in [1.29, 1.82) is 0 Å². The number of benzene rings is 2. The summed E-state index contributed by atoms with van der Waals surface area (Å²) in [7, 11) is 0. The average molecular weight is 337 g/mol. The largest absolute Gasteiger partial charge is 0.341 e. The number of hydrogen-bond acceptors (Lipinski definition) is 3. The van der Waals surface area contributed by atoms with E-state index >= 15 is 0 Å². The number of amides is 1. The fourth-order valence-corrected chi connectivity index (χ4v) is 4.18. The van der Waals surface area contributed by atoms with E-state index in [0.29, 0.717) is 0 Å². The summed E-state index contributed by atoms with van der Waals surface area (Å²) < 4.78 is 0. The van der Waals surface area contributed by atoms with E-state index in [2.05, 4.69) is 9.97 Å². The molecular weight excluding hydrogens is 318 g/mol. The van der Waals surface area contributed by atoms with E-state index in [0.717, 1.165) is 47.7 Å². The van der Waals surface area contributed by atoms with Crippen LogP contribution in [0.3, 0.4) is 0 Å². The molecule has 1 N–H and O–H groups in total. The summed E-state index contributed by atoms with van der Waals surface area (Å²) in [4.78, 5) is 23.0. The van der Waals surface area contributed by atoms with Gasteiger partial charge in [-0.1, -0.05) is 54.2 Å². The van der Waals surface area contributed by atoms with Crippen molar-refractivity contribution in [2.45, 2.75) is 23.2 Å². The average Bonchev–Trinajstić information content (AvgIpc) is 3.29. The van der Waals surface area contributed by atoms with E-state index in [1.165, 1.54) is 11.8 Å². The molecule has 1 aromatic heterocycles. The first kappa shape index (κ1) is 15.3. The van der Waals surface area contributed by atoms with E-state index in [9.17, 15) is 4.79 Å². The van der Waals surface area contributed by atoms with Gasteiger partial charge in [0.15, 0.2) is 5.16 Å². The molecule has 24 heavy (non-hydrogen) atoms. The van der Waals surface area contributed by atoms with Crippen LogP contribution in [-0.4, -0.2) is 33.9 Å². The van der Waals surface area contributed by atoms with Crippen molar-refractivity contribution in [2.75, 3.05) is 13.1 Å². The molecule has 5 heteroatoms. The summed E-state index contributed by atoms with van der Waals surface area (Å²) in [6.07, 6.45) is 2.20. The predicted molar refractivity (Wildman–Crippen MR) is 96.9 cm³/mol. The number of nitrogens with one attached hydrogen (secondary N) is 1. The molecule has 1 amide bonds. The topological polar surface area (TPSA) is 49.0 Å². The molecule has 0 aliphatic carbocycles. The van der Waals surface area contributed by atoms with Gasteiger partial charge in [0.05, 0.1) is 11.0 Å². The van der Waals surface area contributed by atoms with Crippen LogP contribution in [0.1, 0.15) is 23.7 Å². The van der Waals surface area contributed by atoms with Gasteiger partial charge in [-0.15, -0.1) is 0 Å². The number of aromatic amines is 1. The Morgan fingerprint density at radius 2 is 1.75 bits per heavy atom. The van der Waals surface area contributed by atoms with Crippen molar-refractivity contribution < 1.29 is 4.79 Å². The molecule has 0 radical (unpaired) electrons. The Bertz CT molecular complexity index is 807. The Balaban J connectivity index is 1.65. The van der Waals surface area contributed by atoms with Gasteiger partial charge in [-0.3, -0.25) is 4.79 Å². The third kappa shape index (κ3) is 3.04. The Morgan fingerprint density at radius 1 is 1.04 bits per heavy atom. The minimum Gasteiger partial charge on any atom is -0.341 e. The molecule has 1 aliphatic heterocycles. The number of imidazole rings is 1. The zero-order chi connectivity index (χ0) is 16.4. The number of para-hydroxylation sites is 2. The fraction of sp³-hybridized carbons (Fsp3) is 0.263. The second kappa shape index (κ2) is 6.69. The second-order valence-electron chi connectivity index (χ2n) is 6.00. The van der Waals surface area contributed by atoms with Gasteiger partial charge in [0.25, 0.3) is 0 Å². The summed E-state index contributed by atoms with van der Waals surface area (Å²) in [6, 6.07) is 17.9. The van der Waals surface area contributed by atoms with Crippen molar-refractivity contribution in [3.8, 4) is 0 Å². The Hall–Kier alpha value is -2.27. The lowest BCUT2D eigenvalue weighted by molar-refractivity contribution is -0.129. The standard InChI is InChI=1S/C19H19N3OS/c23-18(22-12-6-7-13-22)17(14-8-2-1-3-9-14)24-19-20-15-10-4-5-11-16(15)21-19/h1-5,8-11,17H,6-7,12-13H2,(H,20,21). The molecule has 1 atom stereocenters. The van der Waals surface area contributed by atoms with Gasteiger partial charge in [-0.25, -0.2) is 4.98 Å². The van der Waals surface area contributed by atoms with E-state index < -0.39 is 0 Å². The number of fused-ring (bicyclic) bond motifs is 1. The zero-order valence-corrected chi connectivity index (χ0v) is 14.1. The molecule has 3 aromatic rings. The normalized spacial score (nSPS) is 15.8. The van der Waals surface area contributed by atoms with Crippen molar-refractivity contribution in [1.82, 2.24) is 14.9 Å². The molecule has 0 bridgehead atoms. The van der Waals surface area contributed by atoms with Gasteiger partial charge in [0, 0.05) is 13.1 Å². The highest BCUT2D eigenvalue weighted by Gasteiger charge is 2.29. The van der Waals surface area contributed by atoms with Crippen LogP contribution in [0, 0.1) is 0 Å². The highest BCUT2D eigenvalue weighted by atomic mass is 32.2. The quantitative estimate of drug-likeness (QED) is 0.732. The lowest BCUT2D eigenvalue weighted by Crippen LogP contribution is -2.31. The number of rotatable bonds is 4. The minimum absolute atomic E-state index is 0.184. The number of likely N-dealkylation sites (tertiary alicyclic amines) is 1. The molecule has 1 aliphatic rings. The van der Waals surface area contributed by atoms with Gasteiger partial charge in [-0.05, 0) is 30.5 Å². The maximum atomic E-state index is 13.0. The zero-order valence-electron chi connectivity index (χ0n) is 13.3. The van der Waals surface area contributed by atoms with Crippen molar-refractivity contribution >= 4 is 28.7 Å². The molecule has 4 nitrogen and oxygen atoms in total. The third-order valence-corrected chi connectivity index (χ3v) is 5.47. The Labute approximate surface area is 145 Å². The highest BCUT2D eigenvalue weighted by molar-refractivity contribution is 8.00. The van der Waals surface area contributed by atoms with Crippen molar-refractivity contribution in [3.05, 3.63) is 60.2 Å². The van der Waals surface area contributed by atoms with Gasteiger partial charge in [0.2, 0.25) is 5.91 Å².